The Morgan fingerprint density at radius 3 is 2.30 bits per heavy atom. The molecule has 1 aliphatic heterocycles. The quantitative estimate of drug-likeness (QED) is 0.837. The highest BCUT2D eigenvalue weighted by molar-refractivity contribution is 6.05. The molecule has 1 aliphatic carbocycles. The number of carbonyl (C=O) groups is 2. The van der Waals surface area contributed by atoms with Gasteiger partial charge in [0.1, 0.15) is 0 Å². The monoisotopic (exact) mass is 363 g/mol. The fraction of sp³-hybridized carbons (Fsp3) is 0.364. The van der Waals surface area contributed by atoms with Gasteiger partial charge in [0.2, 0.25) is 5.91 Å². The highest BCUT2D eigenvalue weighted by Gasteiger charge is 2.29. The van der Waals surface area contributed by atoms with Crippen molar-refractivity contribution < 1.29 is 9.59 Å². The Labute approximate surface area is 159 Å². The molecule has 0 bridgehead atoms. The molecule has 27 heavy (non-hydrogen) atoms. The minimum atomic E-state index is -0.146. The summed E-state index contributed by atoms with van der Waals surface area (Å²) in [5.74, 6) is 0.0903. The number of nitrogens with one attached hydrogen (secondary N) is 2. The van der Waals surface area contributed by atoms with Gasteiger partial charge in [-0.1, -0.05) is 0 Å². The number of carbonyl (C=O) groups excluding carboxylic acids is 2. The molecule has 0 atom stereocenters. The number of nitrogens with zero attached hydrogens (tertiary/aromatic N) is 1. The largest absolute Gasteiger partial charge is 0.372 e. The molecule has 2 aliphatic rings. The molecule has 0 radical (unpaired) electrons. The summed E-state index contributed by atoms with van der Waals surface area (Å²) in [6.45, 7) is 4.23. The Bertz CT molecular complexity index is 850. The van der Waals surface area contributed by atoms with Crippen LogP contribution >= 0.6 is 0 Å². The number of anilines is 3. The van der Waals surface area contributed by atoms with Gasteiger partial charge in [-0.05, 0) is 80.6 Å². The number of benzene rings is 2. The van der Waals surface area contributed by atoms with Crippen LogP contribution < -0.4 is 15.5 Å². The normalized spacial score (nSPS) is 16.3. The predicted molar refractivity (Wildman–Crippen MR) is 108 cm³/mol. The zero-order valence-corrected chi connectivity index (χ0v) is 15.6. The second kappa shape index (κ2) is 7.43. The van der Waals surface area contributed by atoms with E-state index >= 15 is 0 Å². The van der Waals surface area contributed by atoms with E-state index in [1.807, 2.05) is 13.0 Å². The molecule has 140 valence electrons. The van der Waals surface area contributed by atoms with Crippen LogP contribution in [0.1, 0.15) is 41.6 Å². The Morgan fingerprint density at radius 1 is 0.963 bits per heavy atom. The minimum Gasteiger partial charge on any atom is -0.372 e. The van der Waals surface area contributed by atoms with Crippen LogP contribution in [0, 0.1) is 12.8 Å². The highest BCUT2D eigenvalue weighted by atomic mass is 16.2. The zero-order chi connectivity index (χ0) is 18.8. The molecule has 2 aromatic rings. The molecule has 5 heteroatoms. The smallest absolute Gasteiger partial charge is 0.255 e. The summed E-state index contributed by atoms with van der Waals surface area (Å²) in [5, 5.41) is 5.87. The van der Waals surface area contributed by atoms with Crippen molar-refractivity contribution in [3.63, 3.8) is 0 Å². The van der Waals surface area contributed by atoms with Crippen molar-refractivity contribution in [2.24, 2.45) is 5.92 Å². The maximum atomic E-state index is 12.6. The molecular weight excluding hydrogens is 338 g/mol. The summed E-state index contributed by atoms with van der Waals surface area (Å²) in [6, 6.07) is 13.2. The molecule has 2 fully saturated rings. The van der Waals surface area contributed by atoms with E-state index in [9.17, 15) is 9.59 Å². The van der Waals surface area contributed by atoms with Crippen LogP contribution in [0.15, 0.2) is 42.5 Å². The Hall–Kier alpha value is -2.82. The molecule has 0 unspecified atom stereocenters. The SMILES string of the molecule is Cc1cc(N2CCCC2)ccc1NC(=O)c1ccc(NC(=O)C2CC2)cc1. The molecule has 1 heterocycles. The average Bonchev–Trinajstić information content (AvgIpc) is 3.38. The first-order valence-corrected chi connectivity index (χ1v) is 9.68. The average molecular weight is 363 g/mol. The Kier molecular flexibility index (Phi) is 4.84. The molecule has 1 saturated carbocycles. The fourth-order valence-corrected chi connectivity index (χ4v) is 3.45. The summed E-state index contributed by atoms with van der Waals surface area (Å²) in [7, 11) is 0. The third kappa shape index (κ3) is 4.13. The number of hydrogen-bond acceptors (Lipinski definition) is 3. The summed E-state index contributed by atoms with van der Waals surface area (Å²) in [4.78, 5) is 26.7. The van der Waals surface area contributed by atoms with Crippen LogP contribution in [-0.2, 0) is 4.79 Å². The third-order valence-electron chi connectivity index (χ3n) is 5.29. The summed E-state index contributed by atoms with van der Waals surface area (Å²) in [5.41, 5.74) is 4.41. The van der Waals surface area contributed by atoms with Crippen molar-refractivity contribution in [3.8, 4) is 0 Å². The minimum absolute atomic E-state index is 0.0703. The van der Waals surface area contributed by atoms with Crippen molar-refractivity contribution in [1.82, 2.24) is 0 Å². The van der Waals surface area contributed by atoms with Crippen molar-refractivity contribution in [3.05, 3.63) is 53.6 Å². The van der Waals surface area contributed by atoms with Gasteiger partial charge in [-0.25, -0.2) is 0 Å². The third-order valence-corrected chi connectivity index (χ3v) is 5.29. The lowest BCUT2D eigenvalue weighted by Crippen LogP contribution is -2.18. The van der Waals surface area contributed by atoms with Crippen molar-refractivity contribution in [2.75, 3.05) is 28.6 Å². The molecule has 1 saturated heterocycles. The first-order valence-electron chi connectivity index (χ1n) is 9.68. The van der Waals surface area contributed by atoms with Crippen LogP contribution in [0.2, 0.25) is 0 Å². The van der Waals surface area contributed by atoms with Gasteiger partial charge in [-0.15, -0.1) is 0 Å². The van der Waals surface area contributed by atoms with Crippen LogP contribution in [-0.4, -0.2) is 24.9 Å². The van der Waals surface area contributed by atoms with Crippen LogP contribution in [0.4, 0.5) is 17.1 Å². The summed E-state index contributed by atoms with van der Waals surface area (Å²) < 4.78 is 0. The van der Waals surface area contributed by atoms with E-state index < -0.39 is 0 Å². The standard InChI is InChI=1S/C22H25N3O2/c1-15-14-19(25-12-2-3-13-25)10-11-20(15)24-22(27)17-6-8-18(9-7-17)23-21(26)16-4-5-16/h6-11,14,16H,2-5,12-13H2,1H3,(H,23,26)(H,24,27). The van der Waals surface area contributed by atoms with E-state index in [-0.39, 0.29) is 17.7 Å². The highest BCUT2D eigenvalue weighted by Crippen LogP contribution is 2.30. The Balaban J connectivity index is 1.40. The maximum absolute atomic E-state index is 12.6. The first-order chi connectivity index (χ1) is 13.1. The fourth-order valence-electron chi connectivity index (χ4n) is 3.45. The molecular formula is C22H25N3O2. The lowest BCUT2D eigenvalue weighted by molar-refractivity contribution is -0.117. The van der Waals surface area contributed by atoms with Gasteiger partial charge in [0, 0.05) is 41.6 Å². The molecule has 2 N–H and O–H groups in total. The molecule has 2 aromatic carbocycles. The number of aryl methyl sites for hydroxylation is 1. The van der Waals surface area contributed by atoms with Gasteiger partial charge in [0.05, 0.1) is 0 Å². The van der Waals surface area contributed by atoms with Gasteiger partial charge in [0.25, 0.3) is 5.91 Å². The second-order valence-corrected chi connectivity index (χ2v) is 7.49. The molecule has 2 amide bonds. The predicted octanol–water partition coefficient (Wildman–Crippen LogP) is 4.20. The molecule has 0 aromatic heterocycles. The van der Waals surface area contributed by atoms with Gasteiger partial charge < -0.3 is 15.5 Å². The van der Waals surface area contributed by atoms with E-state index in [4.69, 9.17) is 0 Å². The molecule has 5 nitrogen and oxygen atoms in total. The van der Waals surface area contributed by atoms with Gasteiger partial charge in [-0.2, -0.15) is 0 Å². The van der Waals surface area contributed by atoms with E-state index in [0.29, 0.717) is 5.56 Å². The Morgan fingerprint density at radius 2 is 1.67 bits per heavy atom. The maximum Gasteiger partial charge on any atom is 0.255 e. The van der Waals surface area contributed by atoms with Crippen LogP contribution in [0.25, 0.3) is 0 Å². The van der Waals surface area contributed by atoms with Crippen LogP contribution in [0.5, 0.6) is 0 Å². The molecule has 4 rings (SSSR count). The summed E-state index contributed by atoms with van der Waals surface area (Å²) in [6.07, 6.45) is 4.44. The number of hydrogen-bond donors (Lipinski definition) is 2. The van der Waals surface area contributed by atoms with E-state index in [1.165, 1.54) is 18.5 Å². The van der Waals surface area contributed by atoms with Crippen molar-refractivity contribution >= 4 is 28.9 Å². The zero-order valence-electron chi connectivity index (χ0n) is 15.6. The topological polar surface area (TPSA) is 61.4 Å². The lowest BCUT2D eigenvalue weighted by Gasteiger charge is -2.19. The van der Waals surface area contributed by atoms with Gasteiger partial charge in [0.15, 0.2) is 0 Å². The summed E-state index contributed by atoms with van der Waals surface area (Å²) >= 11 is 0. The second-order valence-electron chi connectivity index (χ2n) is 7.49. The number of amides is 2. The first kappa shape index (κ1) is 17.6. The van der Waals surface area contributed by atoms with Gasteiger partial charge >= 0.3 is 0 Å². The van der Waals surface area contributed by atoms with Crippen molar-refractivity contribution in [1.29, 1.82) is 0 Å². The van der Waals surface area contributed by atoms with E-state index in [2.05, 4.69) is 27.7 Å². The van der Waals surface area contributed by atoms with Crippen molar-refractivity contribution in [2.45, 2.75) is 32.6 Å². The van der Waals surface area contributed by atoms with E-state index in [1.54, 1.807) is 24.3 Å². The van der Waals surface area contributed by atoms with Crippen LogP contribution in [0.3, 0.4) is 0 Å². The van der Waals surface area contributed by atoms with E-state index in [0.717, 1.165) is 42.9 Å². The number of rotatable bonds is 5. The lowest BCUT2D eigenvalue weighted by atomic mass is 10.1. The molecule has 0 spiro atoms. The van der Waals surface area contributed by atoms with Gasteiger partial charge in [-0.3, -0.25) is 9.59 Å².